The Morgan fingerprint density at radius 1 is 1.05 bits per heavy atom. The van der Waals surface area contributed by atoms with Gasteiger partial charge in [-0.3, -0.25) is 0 Å². The molecule has 1 N–H and O–H groups in total. The van der Waals surface area contributed by atoms with Gasteiger partial charge in [0, 0.05) is 5.54 Å². The van der Waals surface area contributed by atoms with Crippen molar-refractivity contribution in [2.75, 3.05) is 6.54 Å². The van der Waals surface area contributed by atoms with Gasteiger partial charge >= 0.3 is 0 Å². The number of fused-ring (bicyclic) bond motifs is 1. The highest BCUT2D eigenvalue weighted by atomic mass is 15.0. The fourth-order valence-corrected chi connectivity index (χ4v) is 2.76. The van der Waals surface area contributed by atoms with Crippen LogP contribution in [0.5, 0.6) is 0 Å². The van der Waals surface area contributed by atoms with Crippen LogP contribution in [0.2, 0.25) is 0 Å². The predicted octanol–water partition coefficient (Wildman–Crippen LogP) is 4.33. The Hall–Kier alpha value is -1.34. The minimum atomic E-state index is 0.233. The fourth-order valence-electron chi connectivity index (χ4n) is 2.76. The highest BCUT2D eigenvalue weighted by Gasteiger charge is 2.38. The number of hydrogen-bond acceptors (Lipinski definition) is 1. The molecule has 0 amide bonds. The molecule has 1 saturated carbocycles. The van der Waals surface area contributed by atoms with Gasteiger partial charge in [0.05, 0.1) is 0 Å². The lowest BCUT2D eigenvalue weighted by molar-refractivity contribution is 0.414. The van der Waals surface area contributed by atoms with Crippen molar-refractivity contribution in [3.63, 3.8) is 0 Å². The van der Waals surface area contributed by atoms with Gasteiger partial charge in [-0.25, -0.2) is 0 Å². The van der Waals surface area contributed by atoms with E-state index in [0.29, 0.717) is 0 Å². The third-order valence-corrected chi connectivity index (χ3v) is 4.02. The molecule has 19 heavy (non-hydrogen) atoms. The van der Waals surface area contributed by atoms with Crippen LogP contribution < -0.4 is 5.32 Å². The summed E-state index contributed by atoms with van der Waals surface area (Å²) in [6, 6.07) is 15.6. The summed E-state index contributed by atoms with van der Waals surface area (Å²) in [5.41, 5.74) is 1.75. The lowest BCUT2D eigenvalue weighted by Gasteiger charge is -2.20. The van der Waals surface area contributed by atoms with Crippen molar-refractivity contribution in [1.82, 2.24) is 5.32 Å². The van der Waals surface area contributed by atoms with Crippen LogP contribution in [0.1, 0.15) is 38.7 Å². The van der Waals surface area contributed by atoms with Crippen LogP contribution in [-0.2, 0) is 0 Å². The zero-order chi connectivity index (χ0) is 13.5. The molecule has 2 unspecified atom stereocenters. The first-order valence-corrected chi connectivity index (χ1v) is 7.27. The molecule has 0 heterocycles. The first kappa shape index (κ1) is 12.7. The molecule has 2 aromatic rings. The molecule has 2 aromatic carbocycles. The lowest BCUT2D eigenvalue weighted by atomic mass is 10.0. The van der Waals surface area contributed by atoms with Crippen LogP contribution in [0.25, 0.3) is 10.8 Å². The average molecular weight is 253 g/mol. The number of nitrogens with one attached hydrogen (secondary N) is 1. The van der Waals surface area contributed by atoms with Crippen molar-refractivity contribution in [1.29, 1.82) is 0 Å². The summed E-state index contributed by atoms with van der Waals surface area (Å²) >= 11 is 0. The minimum Gasteiger partial charge on any atom is -0.312 e. The standard InChI is InChI=1S/C18H23N/c1-18(2,3)19-12-16-11-17(16)15-9-8-13-6-4-5-7-14(13)10-15/h4-10,16-17,19H,11-12H2,1-3H3. The summed E-state index contributed by atoms with van der Waals surface area (Å²) in [4.78, 5) is 0. The molecule has 1 nitrogen and oxygen atoms in total. The highest BCUT2D eigenvalue weighted by Crippen LogP contribution is 2.47. The molecule has 0 spiro atoms. The van der Waals surface area contributed by atoms with Gasteiger partial charge in [0.15, 0.2) is 0 Å². The molecular weight excluding hydrogens is 230 g/mol. The van der Waals surface area contributed by atoms with E-state index in [1.807, 2.05) is 0 Å². The average Bonchev–Trinajstić information content (AvgIpc) is 3.14. The Labute approximate surface area is 116 Å². The maximum Gasteiger partial charge on any atom is 0.00966 e. The molecule has 1 heteroatoms. The van der Waals surface area contributed by atoms with Crippen LogP contribution in [-0.4, -0.2) is 12.1 Å². The Morgan fingerprint density at radius 3 is 2.53 bits per heavy atom. The lowest BCUT2D eigenvalue weighted by Crippen LogP contribution is -2.37. The topological polar surface area (TPSA) is 12.0 Å². The molecule has 0 aliphatic heterocycles. The SMILES string of the molecule is CC(C)(C)NCC1CC1c1ccc2ccccc2c1. The van der Waals surface area contributed by atoms with E-state index in [2.05, 4.69) is 68.6 Å². The van der Waals surface area contributed by atoms with Crippen LogP contribution in [0.3, 0.4) is 0 Å². The van der Waals surface area contributed by atoms with Crippen LogP contribution in [0, 0.1) is 5.92 Å². The van der Waals surface area contributed by atoms with Crippen molar-refractivity contribution in [2.45, 2.75) is 38.6 Å². The predicted molar refractivity (Wildman–Crippen MR) is 82.6 cm³/mol. The zero-order valence-corrected chi connectivity index (χ0v) is 12.1. The third-order valence-electron chi connectivity index (χ3n) is 4.02. The smallest absolute Gasteiger partial charge is 0.00966 e. The van der Waals surface area contributed by atoms with Crippen molar-refractivity contribution in [3.8, 4) is 0 Å². The fraction of sp³-hybridized carbons (Fsp3) is 0.444. The molecule has 1 aliphatic carbocycles. The largest absolute Gasteiger partial charge is 0.312 e. The first-order chi connectivity index (χ1) is 9.03. The monoisotopic (exact) mass is 253 g/mol. The molecular formula is C18H23N. The Morgan fingerprint density at radius 2 is 1.79 bits per heavy atom. The Bertz CT molecular complexity index is 580. The van der Waals surface area contributed by atoms with E-state index >= 15 is 0 Å². The molecule has 1 fully saturated rings. The van der Waals surface area contributed by atoms with Crippen LogP contribution in [0.4, 0.5) is 0 Å². The molecule has 3 rings (SSSR count). The molecule has 2 atom stereocenters. The van der Waals surface area contributed by atoms with Gasteiger partial charge in [-0.1, -0.05) is 42.5 Å². The quantitative estimate of drug-likeness (QED) is 0.858. The van der Waals surface area contributed by atoms with Gasteiger partial charge in [-0.2, -0.15) is 0 Å². The van der Waals surface area contributed by atoms with E-state index in [9.17, 15) is 0 Å². The molecule has 0 bridgehead atoms. The number of benzene rings is 2. The van der Waals surface area contributed by atoms with Crippen molar-refractivity contribution < 1.29 is 0 Å². The summed E-state index contributed by atoms with van der Waals surface area (Å²) in [5, 5.41) is 6.33. The third kappa shape index (κ3) is 2.98. The van der Waals surface area contributed by atoms with Crippen molar-refractivity contribution >= 4 is 10.8 Å². The van der Waals surface area contributed by atoms with Gasteiger partial charge in [-0.05, 0) is 61.9 Å². The molecule has 0 saturated heterocycles. The van der Waals surface area contributed by atoms with E-state index in [0.717, 1.165) is 18.4 Å². The van der Waals surface area contributed by atoms with Gasteiger partial charge in [0.2, 0.25) is 0 Å². The van der Waals surface area contributed by atoms with E-state index in [4.69, 9.17) is 0 Å². The second-order valence-electron chi connectivity index (χ2n) is 6.84. The van der Waals surface area contributed by atoms with E-state index in [-0.39, 0.29) is 5.54 Å². The van der Waals surface area contributed by atoms with E-state index in [1.165, 1.54) is 22.8 Å². The van der Waals surface area contributed by atoms with E-state index < -0.39 is 0 Å². The van der Waals surface area contributed by atoms with Crippen molar-refractivity contribution in [2.24, 2.45) is 5.92 Å². The second kappa shape index (κ2) is 4.64. The summed E-state index contributed by atoms with van der Waals surface area (Å²) < 4.78 is 0. The summed E-state index contributed by atoms with van der Waals surface area (Å²) in [6.45, 7) is 7.85. The number of rotatable bonds is 3. The zero-order valence-electron chi connectivity index (χ0n) is 12.1. The summed E-state index contributed by atoms with van der Waals surface area (Å²) in [5.74, 6) is 1.58. The number of hydrogen-bond donors (Lipinski definition) is 1. The van der Waals surface area contributed by atoms with Gasteiger partial charge in [-0.15, -0.1) is 0 Å². The minimum absolute atomic E-state index is 0.233. The highest BCUT2D eigenvalue weighted by molar-refractivity contribution is 5.83. The van der Waals surface area contributed by atoms with E-state index in [1.54, 1.807) is 0 Å². The maximum atomic E-state index is 3.62. The second-order valence-corrected chi connectivity index (χ2v) is 6.84. The van der Waals surface area contributed by atoms with Gasteiger partial charge < -0.3 is 5.32 Å². The van der Waals surface area contributed by atoms with Crippen molar-refractivity contribution in [3.05, 3.63) is 48.0 Å². The Balaban J connectivity index is 1.69. The van der Waals surface area contributed by atoms with Gasteiger partial charge in [0.1, 0.15) is 0 Å². The summed E-state index contributed by atoms with van der Waals surface area (Å²) in [7, 11) is 0. The molecule has 0 aromatic heterocycles. The Kier molecular flexibility index (Phi) is 3.10. The summed E-state index contributed by atoms with van der Waals surface area (Å²) in [6.07, 6.45) is 1.33. The van der Waals surface area contributed by atoms with Crippen LogP contribution >= 0.6 is 0 Å². The normalized spacial score (nSPS) is 22.7. The van der Waals surface area contributed by atoms with Crippen LogP contribution in [0.15, 0.2) is 42.5 Å². The molecule has 100 valence electrons. The van der Waals surface area contributed by atoms with Gasteiger partial charge in [0.25, 0.3) is 0 Å². The molecule has 1 aliphatic rings. The first-order valence-electron chi connectivity index (χ1n) is 7.27. The molecule has 0 radical (unpaired) electrons. The maximum absolute atomic E-state index is 3.62.